The predicted molar refractivity (Wildman–Crippen MR) is 72.4 cm³/mol. The summed E-state index contributed by atoms with van der Waals surface area (Å²) in [4.78, 5) is 12.1. The molecule has 1 aliphatic rings. The minimum absolute atomic E-state index is 0.0494. The summed E-state index contributed by atoms with van der Waals surface area (Å²) in [5.41, 5.74) is -0.0494. The third-order valence-corrected chi connectivity index (χ3v) is 3.73. The van der Waals surface area contributed by atoms with E-state index in [0.29, 0.717) is 12.2 Å². The van der Waals surface area contributed by atoms with Gasteiger partial charge in [-0.1, -0.05) is 30.0 Å². The lowest BCUT2D eigenvalue weighted by Crippen LogP contribution is -2.27. The maximum Gasteiger partial charge on any atom is 0.307 e. The lowest BCUT2D eigenvalue weighted by atomic mass is 10.2. The Labute approximate surface area is 116 Å². The summed E-state index contributed by atoms with van der Waals surface area (Å²) >= 11 is 1.62. The van der Waals surface area contributed by atoms with Crippen molar-refractivity contribution in [3.8, 4) is 0 Å². The van der Waals surface area contributed by atoms with Crippen molar-refractivity contribution in [1.29, 1.82) is 0 Å². The SMILES string of the molecule is COC1CC(Sc2ccccc2)OC=C1OC(C)=O. The number of thioether (sulfide) groups is 1. The summed E-state index contributed by atoms with van der Waals surface area (Å²) in [6.07, 6.45) is 1.85. The Balaban J connectivity index is 2.00. The Kier molecular flexibility index (Phi) is 4.87. The van der Waals surface area contributed by atoms with Crippen molar-refractivity contribution in [2.45, 2.75) is 29.8 Å². The molecule has 1 aliphatic heterocycles. The van der Waals surface area contributed by atoms with Gasteiger partial charge in [0.05, 0.1) is 0 Å². The molecule has 19 heavy (non-hydrogen) atoms. The van der Waals surface area contributed by atoms with Crippen LogP contribution in [0.1, 0.15) is 13.3 Å². The minimum atomic E-state index is -0.369. The van der Waals surface area contributed by atoms with Crippen molar-refractivity contribution in [2.75, 3.05) is 7.11 Å². The molecule has 0 N–H and O–H groups in total. The molecular weight excluding hydrogens is 264 g/mol. The molecule has 2 atom stereocenters. The Morgan fingerprint density at radius 1 is 1.37 bits per heavy atom. The molecule has 0 aliphatic carbocycles. The van der Waals surface area contributed by atoms with Gasteiger partial charge in [-0.15, -0.1) is 0 Å². The van der Waals surface area contributed by atoms with Crippen molar-refractivity contribution in [3.63, 3.8) is 0 Å². The fourth-order valence-corrected chi connectivity index (χ4v) is 2.76. The van der Waals surface area contributed by atoms with Crippen LogP contribution in [0, 0.1) is 0 Å². The molecule has 0 aromatic heterocycles. The van der Waals surface area contributed by atoms with Crippen LogP contribution in [0.2, 0.25) is 0 Å². The van der Waals surface area contributed by atoms with Crippen molar-refractivity contribution in [2.24, 2.45) is 0 Å². The molecule has 1 aromatic rings. The van der Waals surface area contributed by atoms with Gasteiger partial charge in [0.2, 0.25) is 0 Å². The molecule has 102 valence electrons. The van der Waals surface area contributed by atoms with Crippen LogP contribution in [-0.4, -0.2) is 24.6 Å². The maximum atomic E-state index is 11.0. The van der Waals surface area contributed by atoms with Crippen LogP contribution in [0.5, 0.6) is 0 Å². The van der Waals surface area contributed by atoms with Gasteiger partial charge in [-0.05, 0) is 12.1 Å². The molecule has 0 radical (unpaired) electrons. The second kappa shape index (κ2) is 6.63. The van der Waals surface area contributed by atoms with Gasteiger partial charge < -0.3 is 14.2 Å². The van der Waals surface area contributed by atoms with Crippen LogP contribution in [0.4, 0.5) is 0 Å². The topological polar surface area (TPSA) is 44.8 Å². The molecule has 5 heteroatoms. The Hall–Kier alpha value is -1.46. The monoisotopic (exact) mass is 280 g/mol. The van der Waals surface area contributed by atoms with Gasteiger partial charge in [0.25, 0.3) is 0 Å². The lowest BCUT2D eigenvalue weighted by molar-refractivity contribution is -0.140. The van der Waals surface area contributed by atoms with E-state index in [-0.39, 0.29) is 17.5 Å². The van der Waals surface area contributed by atoms with Crippen LogP contribution in [0.3, 0.4) is 0 Å². The highest BCUT2D eigenvalue weighted by Gasteiger charge is 2.28. The van der Waals surface area contributed by atoms with Crippen LogP contribution >= 0.6 is 11.8 Å². The van der Waals surface area contributed by atoms with E-state index in [9.17, 15) is 4.79 Å². The molecule has 1 heterocycles. The molecule has 2 unspecified atom stereocenters. The largest absolute Gasteiger partial charge is 0.483 e. The molecule has 0 spiro atoms. The second-order valence-electron chi connectivity index (χ2n) is 4.07. The van der Waals surface area contributed by atoms with E-state index in [1.165, 1.54) is 13.2 Å². The van der Waals surface area contributed by atoms with Crippen LogP contribution < -0.4 is 0 Å². The van der Waals surface area contributed by atoms with E-state index < -0.39 is 0 Å². The van der Waals surface area contributed by atoms with Gasteiger partial charge in [0, 0.05) is 25.3 Å². The highest BCUT2D eigenvalue weighted by atomic mass is 32.2. The summed E-state index contributed by atoms with van der Waals surface area (Å²) in [5.74, 6) is 0.0611. The summed E-state index contributed by atoms with van der Waals surface area (Å²) in [7, 11) is 1.59. The summed E-state index contributed by atoms with van der Waals surface area (Å²) in [6, 6.07) is 10.0. The Bertz CT molecular complexity index is 458. The third-order valence-electron chi connectivity index (χ3n) is 2.62. The first-order valence-corrected chi connectivity index (χ1v) is 6.85. The van der Waals surface area contributed by atoms with Crippen LogP contribution in [0.25, 0.3) is 0 Å². The van der Waals surface area contributed by atoms with Gasteiger partial charge in [0.15, 0.2) is 11.2 Å². The van der Waals surface area contributed by atoms with Gasteiger partial charge >= 0.3 is 5.97 Å². The molecule has 0 saturated heterocycles. The fraction of sp³-hybridized carbons (Fsp3) is 0.357. The van der Waals surface area contributed by atoms with Gasteiger partial charge in [-0.2, -0.15) is 0 Å². The molecule has 4 nitrogen and oxygen atoms in total. The number of rotatable bonds is 4. The smallest absolute Gasteiger partial charge is 0.307 e. The van der Waals surface area contributed by atoms with Gasteiger partial charge in [-0.25, -0.2) is 0 Å². The zero-order chi connectivity index (χ0) is 13.7. The van der Waals surface area contributed by atoms with Gasteiger partial charge in [-0.3, -0.25) is 4.79 Å². The lowest BCUT2D eigenvalue weighted by Gasteiger charge is -2.27. The average molecular weight is 280 g/mol. The zero-order valence-electron chi connectivity index (χ0n) is 10.9. The zero-order valence-corrected chi connectivity index (χ0v) is 11.7. The second-order valence-corrected chi connectivity index (χ2v) is 5.30. The first-order chi connectivity index (χ1) is 9.19. The third kappa shape index (κ3) is 4.01. The summed E-state index contributed by atoms with van der Waals surface area (Å²) < 4.78 is 16.0. The van der Waals surface area contributed by atoms with E-state index >= 15 is 0 Å². The van der Waals surface area contributed by atoms with E-state index in [2.05, 4.69) is 0 Å². The Morgan fingerprint density at radius 3 is 2.74 bits per heavy atom. The first-order valence-electron chi connectivity index (χ1n) is 5.97. The van der Waals surface area contributed by atoms with E-state index in [1.54, 1.807) is 18.9 Å². The van der Waals surface area contributed by atoms with Crippen LogP contribution in [0.15, 0.2) is 47.2 Å². The molecule has 0 amide bonds. The van der Waals surface area contributed by atoms with E-state index in [1.807, 2.05) is 30.3 Å². The number of hydrogen-bond donors (Lipinski definition) is 0. The summed E-state index contributed by atoms with van der Waals surface area (Å²) in [5, 5.41) is 0. The number of hydrogen-bond acceptors (Lipinski definition) is 5. The molecule has 1 aromatic carbocycles. The van der Waals surface area contributed by atoms with E-state index in [0.717, 1.165) is 4.90 Å². The van der Waals surface area contributed by atoms with Crippen molar-refractivity contribution < 1.29 is 19.0 Å². The number of carbonyl (C=O) groups excluding carboxylic acids is 1. The van der Waals surface area contributed by atoms with E-state index in [4.69, 9.17) is 14.2 Å². The molecular formula is C14H16O4S. The molecule has 0 bridgehead atoms. The summed E-state index contributed by atoms with van der Waals surface area (Å²) in [6.45, 7) is 1.36. The first kappa shape index (κ1) is 14.0. The standard InChI is InChI=1S/C14H16O4S/c1-10(15)18-13-9-17-14(8-12(13)16-2)19-11-6-4-3-5-7-11/h3-7,9,12,14H,8H2,1-2H3. The number of benzene rings is 1. The van der Waals surface area contributed by atoms with Crippen molar-refractivity contribution >= 4 is 17.7 Å². The molecule has 2 rings (SSSR count). The highest BCUT2D eigenvalue weighted by molar-refractivity contribution is 7.99. The number of esters is 1. The number of ether oxygens (including phenoxy) is 3. The quantitative estimate of drug-likeness (QED) is 0.793. The Morgan fingerprint density at radius 2 is 2.11 bits per heavy atom. The van der Waals surface area contributed by atoms with Crippen LogP contribution in [-0.2, 0) is 19.0 Å². The maximum absolute atomic E-state index is 11.0. The fourth-order valence-electron chi connectivity index (χ4n) is 1.76. The minimum Gasteiger partial charge on any atom is -0.483 e. The number of methoxy groups -OCH3 is 1. The average Bonchev–Trinajstić information content (AvgIpc) is 2.41. The number of carbonyl (C=O) groups is 1. The molecule has 0 saturated carbocycles. The predicted octanol–water partition coefficient (Wildman–Crippen LogP) is 2.94. The van der Waals surface area contributed by atoms with Crippen molar-refractivity contribution in [1.82, 2.24) is 0 Å². The normalized spacial score (nSPS) is 22.3. The molecule has 0 fully saturated rings. The van der Waals surface area contributed by atoms with Gasteiger partial charge in [0.1, 0.15) is 12.4 Å². The highest BCUT2D eigenvalue weighted by Crippen LogP contribution is 2.32. The van der Waals surface area contributed by atoms with Crippen molar-refractivity contribution in [3.05, 3.63) is 42.4 Å².